The van der Waals surface area contributed by atoms with Gasteiger partial charge in [-0.1, -0.05) is 46.3 Å². The van der Waals surface area contributed by atoms with Crippen LogP contribution < -0.4 is 10.6 Å². The summed E-state index contributed by atoms with van der Waals surface area (Å²) >= 11 is 3.25. The van der Waals surface area contributed by atoms with E-state index in [1.54, 1.807) is 30.3 Å². The molecule has 33 heavy (non-hydrogen) atoms. The smallest absolute Gasteiger partial charge is 0.355 e. The maximum Gasteiger partial charge on any atom is 0.355 e. The van der Waals surface area contributed by atoms with Crippen LogP contribution in [0.1, 0.15) is 11.5 Å². The van der Waals surface area contributed by atoms with E-state index in [0.29, 0.717) is 10.0 Å². The third kappa shape index (κ3) is 4.16. The Hall–Kier alpha value is -4.17. The van der Waals surface area contributed by atoms with Crippen LogP contribution in [0.25, 0.3) is 0 Å². The number of hydrogen-bond acceptors (Lipinski definition) is 9. The predicted octanol–water partition coefficient (Wildman–Crippen LogP) is 3.26. The first kappa shape index (κ1) is 23.5. The highest BCUT2D eigenvalue weighted by molar-refractivity contribution is 9.10. The fraction of sp³-hybridized carbons (Fsp3) is 0.136. The molecule has 0 saturated carbocycles. The fourth-order valence-electron chi connectivity index (χ4n) is 3.59. The number of allylic oxidation sites excluding steroid dienone is 1. The second kappa shape index (κ2) is 9.54. The van der Waals surface area contributed by atoms with E-state index in [2.05, 4.69) is 15.9 Å². The largest absolute Gasteiger partial charge is 0.466 e. The maximum absolute atomic E-state index is 13.0. The van der Waals surface area contributed by atoms with Crippen molar-refractivity contribution in [1.29, 1.82) is 5.26 Å². The molecule has 11 heteroatoms. The number of hydrogen-bond donors (Lipinski definition) is 1. The molecule has 0 amide bonds. The van der Waals surface area contributed by atoms with Gasteiger partial charge in [-0.25, -0.2) is 9.59 Å². The van der Waals surface area contributed by atoms with Crippen LogP contribution in [0.15, 0.2) is 75.7 Å². The average Bonchev–Trinajstić information content (AvgIpc) is 2.82. The minimum atomic E-state index is -1.07. The standard InChI is InChI=1S/C22H17BrN4O6/c1-32-21(28)18-17(12-6-4-3-5-7-12)14(11-24)20(25)26(19(18)22(29)33-2)16-10-13(23)8-9-15(16)27(30)31/h3-10,17H,25H2,1-2H3. The Labute approximate surface area is 196 Å². The molecule has 1 unspecified atom stereocenters. The monoisotopic (exact) mass is 512 g/mol. The van der Waals surface area contributed by atoms with Gasteiger partial charge in [0.1, 0.15) is 17.2 Å². The molecule has 0 spiro atoms. The minimum Gasteiger partial charge on any atom is -0.466 e. The van der Waals surface area contributed by atoms with Gasteiger partial charge in [0.2, 0.25) is 0 Å². The van der Waals surface area contributed by atoms with Crippen LogP contribution in [0.5, 0.6) is 0 Å². The average molecular weight is 513 g/mol. The quantitative estimate of drug-likeness (QED) is 0.361. The number of halogens is 1. The number of anilines is 1. The van der Waals surface area contributed by atoms with Gasteiger partial charge in [-0.15, -0.1) is 0 Å². The van der Waals surface area contributed by atoms with Gasteiger partial charge in [0.05, 0.1) is 42.3 Å². The number of methoxy groups -OCH3 is 2. The summed E-state index contributed by atoms with van der Waals surface area (Å²) in [5.74, 6) is -3.25. The molecule has 10 nitrogen and oxygen atoms in total. The van der Waals surface area contributed by atoms with Crippen molar-refractivity contribution in [2.75, 3.05) is 19.1 Å². The van der Waals surface area contributed by atoms with Crippen molar-refractivity contribution in [3.8, 4) is 6.07 Å². The van der Waals surface area contributed by atoms with Gasteiger partial charge in [-0.3, -0.25) is 15.0 Å². The van der Waals surface area contributed by atoms with Crippen LogP contribution in [0.2, 0.25) is 0 Å². The number of benzene rings is 2. The summed E-state index contributed by atoms with van der Waals surface area (Å²) < 4.78 is 10.3. The van der Waals surface area contributed by atoms with Crippen molar-refractivity contribution in [2.24, 2.45) is 5.73 Å². The number of nitrogens with zero attached hydrogens (tertiary/aromatic N) is 3. The van der Waals surface area contributed by atoms with Gasteiger partial charge < -0.3 is 15.2 Å². The molecule has 1 heterocycles. The molecule has 2 aromatic carbocycles. The summed E-state index contributed by atoms with van der Waals surface area (Å²) in [7, 11) is 2.21. The molecule has 168 valence electrons. The summed E-state index contributed by atoms with van der Waals surface area (Å²) in [5.41, 5.74) is 5.55. The van der Waals surface area contributed by atoms with Crippen molar-refractivity contribution in [1.82, 2.24) is 0 Å². The van der Waals surface area contributed by atoms with Crippen LogP contribution in [-0.4, -0.2) is 31.1 Å². The molecular formula is C22H17BrN4O6. The lowest BCUT2D eigenvalue weighted by atomic mass is 9.81. The Kier molecular flexibility index (Phi) is 6.79. The van der Waals surface area contributed by atoms with Crippen molar-refractivity contribution in [2.45, 2.75) is 5.92 Å². The molecule has 1 atom stereocenters. The van der Waals surface area contributed by atoms with Crippen LogP contribution in [0, 0.1) is 21.4 Å². The first-order valence-corrected chi connectivity index (χ1v) is 10.2. The van der Waals surface area contributed by atoms with E-state index >= 15 is 0 Å². The third-order valence-corrected chi connectivity index (χ3v) is 5.48. The molecule has 1 aliphatic heterocycles. The highest BCUT2D eigenvalue weighted by Crippen LogP contribution is 2.45. The number of nitro groups is 1. The van der Waals surface area contributed by atoms with E-state index in [-0.39, 0.29) is 22.7 Å². The Morgan fingerprint density at radius 3 is 2.33 bits per heavy atom. The molecule has 3 rings (SSSR count). The Morgan fingerprint density at radius 2 is 1.79 bits per heavy atom. The maximum atomic E-state index is 13.0. The number of nitriles is 1. The van der Waals surface area contributed by atoms with Crippen molar-refractivity contribution < 1.29 is 24.0 Å². The van der Waals surface area contributed by atoms with E-state index in [1.807, 2.05) is 6.07 Å². The van der Waals surface area contributed by atoms with Gasteiger partial charge in [0.25, 0.3) is 5.69 Å². The summed E-state index contributed by atoms with van der Waals surface area (Å²) in [6.07, 6.45) is 0. The van der Waals surface area contributed by atoms with Crippen LogP contribution in [0.3, 0.4) is 0 Å². The van der Waals surface area contributed by atoms with Gasteiger partial charge in [-0.2, -0.15) is 5.26 Å². The number of nitrogens with two attached hydrogens (primary N) is 1. The zero-order valence-corrected chi connectivity index (χ0v) is 19.0. The fourth-order valence-corrected chi connectivity index (χ4v) is 3.94. The zero-order valence-electron chi connectivity index (χ0n) is 17.4. The molecule has 0 fully saturated rings. The minimum absolute atomic E-state index is 0.0940. The number of esters is 2. The second-order valence-corrected chi connectivity index (χ2v) is 7.64. The molecular weight excluding hydrogens is 496 g/mol. The topological polar surface area (TPSA) is 149 Å². The number of carbonyl (C=O) groups excluding carboxylic acids is 2. The van der Waals surface area contributed by atoms with Crippen LogP contribution >= 0.6 is 15.9 Å². The normalized spacial score (nSPS) is 15.7. The lowest BCUT2D eigenvalue weighted by Crippen LogP contribution is -2.41. The van der Waals surface area contributed by atoms with E-state index < -0.39 is 34.2 Å². The molecule has 0 radical (unpaired) electrons. The van der Waals surface area contributed by atoms with Gasteiger partial charge in [-0.05, 0) is 17.7 Å². The number of carbonyl (C=O) groups is 2. The van der Waals surface area contributed by atoms with E-state index in [9.17, 15) is 25.0 Å². The number of nitro benzene ring substituents is 1. The van der Waals surface area contributed by atoms with Crippen LogP contribution in [0.4, 0.5) is 11.4 Å². The van der Waals surface area contributed by atoms with Gasteiger partial charge in [0.15, 0.2) is 0 Å². The first-order valence-electron chi connectivity index (χ1n) is 9.36. The van der Waals surface area contributed by atoms with Crippen LogP contribution in [-0.2, 0) is 19.1 Å². The van der Waals surface area contributed by atoms with Crippen molar-refractivity contribution >= 4 is 39.2 Å². The summed E-state index contributed by atoms with van der Waals surface area (Å²) in [6, 6.07) is 14.4. The molecule has 0 aliphatic carbocycles. The zero-order chi connectivity index (χ0) is 24.3. The van der Waals surface area contributed by atoms with E-state index in [0.717, 1.165) is 19.1 Å². The summed E-state index contributed by atoms with van der Waals surface area (Å²) in [4.78, 5) is 38.0. The van der Waals surface area contributed by atoms with Crippen molar-refractivity contribution in [3.63, 3.8) is 0 Å². The third-order valence-electron chi connectivity index (χ3n) is 4.99. The SMILES string of the molecule is COC(=O)C1=C(C(=O)OC)N(c2cc(Br)ccc2[N+](=O)[O-])C(N)=C(C#N)C1c1ccccc1. The van der Waals surface area contributed by atoms with Gasteiger partial charge >= 0.3 is 11.9 Å². The molecule has 0 saturated heterocycles. The number of rotatable bonds is 5. The Balaban J connectivity index is 2.49. The van der Waals surface area contributed by atoms with E-state index in [1.165, 1.54) is 18.2 Å². The summed E-state index contributed by atoms with van der Waals surface area (Å²) in [5, 5.41) is 21.8. The molecule has 1 aliphatic rings. The Morgan fingerprint density at radius 1 is 1.15 bits per heavy atom. The number of ether oxygens (including phenoxy) is 2. The lowest BCUT2D eigenvalue weighted by molar-refractivity contribution is -0.384. The highest BCUT2D eigenvalue weighted by Gasteiger charge is 2.44. The molecule has 2 N–H and O–H groups in total. The Bertz CT molecular complexity index is 1250. The van der Waals surface area contributed by atoms with Crippen molar-refractivity contribution in [3.05, 3.63) is 91.3 Å². The van der Waals surface area contributed by atoms with E-state index in [4.69, 9.17) is 15.2 Å². The summed E-state index contributed by atoms with van der Waals surface area (Å²) in [6.45, 7) is 0. The molecule has 0 aromatic heterocycles. The predicted molar refractivity (Wildman–Crippen MR) is 120 cm³/mol. The molecule has 0 bridgehead atoms. The van der Waals surface area contributed by atoms with Gasteiger partial charge in [0, 0.05) is 10.5 Å². The second-order valence-electron chi connectivity index (χ2n) is 6.73. The highest BCUT2D eigenvalue weighted by atomic mass is 79.9. The lowest BCUT2D eigenvalue weighted by Gasteiger charge is -2.35. The first-order chi connectivity index (χ1) is 15.8. The molecule has 2 aromatic rings.